The molecule has 0 amide bonds. The van der Waals surface area contributed by atoms with Gasteiger partial charge < -0.3 is 5.32 Å². The lowest BCUT2D eigenvalue weighted by molar-refractivity contribution is 0.493. The predicted molar refractivity (Wildman–Crippen MR) is 85.5 cm³/mol. The molecule has 0 spiro atoms. The van der Waals surface area contributed by atoms with Crippen molar-refractivity contribution in [2.75, 3.05) is 0 Å². The molecular formula is C16H16BrClFN. The number of rotatable bonds is 4. The van der Waals surface area contributed by atoms with Gasteiger partial charge >= 0.3 is 0 Å². The first-order valence-electron chi connectivity index (χ1n) is 6.44. The molecule has 2 aromatic carbocycles. The van der Waals surface area contributed by atoms with E-state index in [1.165, 1.54) is 6.07 Å². The zero-order chi connectivity index (χ0) is 14.7. The van der Waals surface area contributed by atoms with Gasteiger partial charge in [-0.25, -0.2) is 4.39 Å². The van der Waals surface area contributed by atoms with E-state index < -0.39 is 0 Å². The van der Waals surface area contributed by atoms with E-state index in [1.807, 2.05) is 31.2 Å². The molecule has 0 aliphatic carbocycles. The molecule has 0 fully saturated rings. The molecule has 2 aromatic rings. The van der Waals surface area contributed by atoms with Gasteiger partial charge in [0.1, 0.15) is 5.82 Å². The molecule has 0 bridgehead atoms. The third-order valence-corrected chi connectivity index (χ3v) is 4.27. The molecule has 0 heterocycles. The van der Waals surface area contributed by atoms with Crippen LogP contribution in [0.2, 0.25) is 5.02 Å². The van der Waals surface area contributed by atoms with Gasteiger partial charge in [0.2, 0.25) is 0 Å². The van der Waals surface area contributed by atoms with Gasteiger partial charge in [0, 0.05) is 17.1 Å². The number of nitrogens with one attached hydrogen (secondary N) is 1. The van der Waals surface area contributed by atoms with E-state index in [4.69, 9.17) is 11.6 Å². The van der Waals surface area contributed by atoms with Crippen molar-refractivity contribution in [1.29, 1.82) is 0 Å². The minimum absolute atomic E-state index is 0.0955. The smallest absolute Gasteiger partial charge is 0.137 e. The fraction of sp³-hybridized carbons (Fsp3) is 0.250. The van der Waals surface area contributed by atoms with Gasteiger partial charge in [0.25, 0.3) is 0 Å². The topological polar surface area (TPSA) is 12.0 Å². The predicted octanol–water partition coefficient (Wildman–Crippen LogP) is 5.65. The summed E-state index contributed by atoms with van der Waals surface area (Å²) >= 11 is 9.41. The van der Waals surface area contributed by atoms with Crippen molar-refractivity contribution in [3.8, 4) is 0 Å². The van der Waals surface area contributed by atoms with E-state index in [2.05, 4.69) is 28.2 Å². The first kappa shape index (κ1) is 15.5. The van der Waals surface area contributed by atoms with E-state index >= 15 is 0 Å². The standard InChI is InChI=1S/C16H16BrClFN/c1-10(12-7-8-16(19)14(17)9-12)20-11(2)13-5-3-4-6-15(13)18/h3-11,20H,1-2H3/t10?,11-/m1/s1. The van der Waals surface area contributed by atoms with Gasteiger partial charge in [-0.3, -0.25) is 0 Å². The molecule has 20 heavy (non-hydrogen) atoms. The van der Waals surface area contributed by atoms with Crippen molar-refractivity contribution < 1.29 is 4.39 Å². The number of hydrogen-bond acceptors (Lipinski definition) is 1. The van der Waals surface area contributed by atoms with Crippen molar-refractivity contribution in [2.45, 2.75) is 25.9 Å². The maximum absolute atomic E-state index is 13.3. The summed E-state index contributed by atoms with van der Waals surface area (Å²) in [6.45, 7) is 4.11. The minimum Gasteiger partial charge on any atom is -0.304 e. The van der Waals surface area contributed by atoms with Crippen LogP contribution in [0.1, 0.15) is 37.1 Å². The van der Waals surface area contributed by atoms with Crippen LogP contribution < -0.4 is 5.32 Å². The summed E-state index contributed by atoms with van der Waals surface area (Å²) in [5, 5.41) is 4.22. The van der Waals surface area contributed by atoms with Crippen molar-refractivity contribution in [2.24, 2.45) is 0 Å². The van der Waals surface area contributed by atoms with Crippen molar-refractivity contribution >= 4 is 27.5 Å². The number of hydrogen-bond donors (Lipinski definition) is 1. The van der Waals surface area contributed by atoms with E-state index in [9.17, 15) is 4.39 Å². The highest BCUT2D eigenvalue weighted by Crippen LogP contribution is 2.26. The Labute approximate surface area is 132 Å². The second kappa shape index (κ2) is 6.70. The van der Waals surface area contributed by atoms with Crippen molar-refractivity contribution in [3.05, 3.63) is 68.9 Å². The van der Waals surface area contributed by atoms with Crippen LogP contribution in [0.15, 0.2) is 46.9 Å². The normalized spacial score (nSPS) is 14.1. The summed E-state index contributed by atoms with van der Waals surface area (Å²) in [5.74, 6) is -0.250. The molecule has 2 atom stereocenters. The van der Waals surface area contributed by atoms with E-state index in [0.717, 1.165) is 16.1 Å². The molecule has 0 aromatic heterocycles. The molecule has 0 aliphatic heterocycles. The summed E-state index contributed by atoms with van der Waals surface area (Å²) in [4.78, 5) is 0. The summed E-state index contributed by atoms with van der Waals surface area (Å²) < 4.78 is 13.7. The molecule has 0 saturated carbocycles. The van der Waals surface area contributed by atoms with Gasteiger partial charge in [-0.15, -0.1) is 0 Å². The number of benzene rings is 2. The van der Waals surface area contributed by atoms with Crippen LogP contribution in [0, 0.1) is 5.82 Å². The van der Waals surface area contributed by atoms with Crippen LogP contribution in [0.5, 0.6) is 0 Å². The Morgan fingerprint density at radius 2 is 1.80 bits per heavy atom. The number of halogens is 3. The third-order valence-electron chi connectivity index (χ3n) is 3.32. The molecule has 1 unspecified atom stereocenters. The van der Waals surface area contributed by atoms with E-state index in [-0.39, 0.29) is 17.9 Å². The monoisotopic (exact) mass is 355 g/mol. The maximum atomic E-state index is 13.3. The highest BCUT2D eigenvalue weighted by molar-refractivity contribution is 9.10. The minimum atomic E-state index is -0.250. The molecular weight excluding hydrogens is 341 g/mol. The Hall–Kier alpha value is -0.900. The Morgan fingerprint density at radius 1 is 1.10 bits per heavy atom. The van der Waals surface area contributed by atoms with Crippen LogP contribution in [-0.4, -0.2) is 0 Å². The average molecular weight is 357 g/mol. The second-order valence-electron chi connectivity index (χ2n) is 4.81. The molecule has 1 nitrogen and oxygen atoms in total. The van der Waals surface area contributed by atoms with E-state index in [0.29, 0.717) is 4.47 Å². The first-order chi connectivity index (χ1) is 9.49. The Balaban J connectivity index is 2.13. The van der Waals surface area contributed by atoms with Gasteiger partial charge in [0.15, 0.2) is 0 Å². The lowest BCUT2D eigenvalue weighted by Crippen LogP contribution is -2.22. The summed E-state index contributed by atoms with van der Waals surface area (Å²) in [7, 11) is 0. The van der Waals surface area contributed by atoms with Crippen molar-refractivity contribution in [1.82, 2.24) is 5.32 Å². The average Bonchev–Trinajstić information content (AvgIpc) is 2.42. The fourth-order valence-electron chi connectivity index (χ4n) is 2.17. The van der Waals surface area contributed by atoms with Crippen LogP contribution >= 0.6 is 27.5 Å². The van der Waals surface area contributed by atoms with Gasteiger partial charge in [-0.05, 0) is 59.1 Å². The van der Waals surface area contributed by atoms with Crippen LogP contribution in [0.3, 0.4) is 0 Å². The van der Waals surface area contributed by atoms with Crippen LogP contribution in [-0.2, 0) is 0 Å². The van der Waals surface area contributed by atoms with Crippen LogP contribution in [0.25, 0.3) is 0 Å². The van der Waals surface area contributed by atoms with Crippen LogP contribution in [0.4, 0.5) is 4.39 Å². The van der Waals surface area contributed by atoms with Gasteiger partial charge in [0.05, 0.1) is 4.47 Å². The zero-order valence-corrected chi connectivity index (χ0v) is 13.7. The lowest BCUT2D eigenvalue weighted by Gasteiger charge is -2.21. The molecule has 2 rings (SSSR count). The fourth-order valence-corrected chi connectivity index (χ4v) is 2.86. The van der Waals surface area contributed by atoms with Gasteiger partial charge in [-0.1, -0.05) is 35.9 Å². The molecule has 4 heteroatoms. The summed E-state index contributed by atoms with van der Waals surface area (Å²) in [5.41, 5.74) is 2.08. The molecule has 0 aliphatic rings. The zero-order valence-electron chi connectivity index (χ0n) is 11.3. The second-order valence-corrected chi connectivity index (χ2v) is 6.07. The molecule has 1 N–H and O–H groups in total. The quantitative estimate of drug-likeness (QED) is 0.746. The summed E-state index contributed by atoms with van der Waals surface area (Å²) in [6.07, 6.45) is 0. The lowest BCUT2D eigenvalue weighted by atomic mass is 10.0. The molecule has 0 radical (unpaired) electrons. The highest BCUT2D eigenvalue weighted by Gasteiger charge is 2.14. The Morgan fingerprint density at radius 3 is 2.45 bits per heavy atom. The maximum Gasteiger partial charge on any atom is 0.137 e. The molecule has 106 valence electrons. The Kier molecular flexibility index (Phi) is 5.19. The van der Waals surface area contributed by atoms with Crippen molar-refractivity contribution in [3.63, 3.8) is 0 Å². The van der Waals surface area contributed by atoms with E-state index in [1.54, 1.807) is 12.1 Å². The highest BCUT2D eigenvalue weighted by atomic mass is 79.9. The summed E-state index contributed by atoms with van der Waals surface area (Å²) in [6, 6.07) is 13.0. The van der Waals surface area contributed by atoms with Gasteiger partial charge in [-0.2, -0.15) is 0 Å². The SMILES string of the molecule is CC(N[C@H](C)c1ccccc1Cl)c1ccc(F)c(Br)c1. The third kappa shape index (κ3) is 3.60. The first-order valence-corrected chi connectivity index (χ1v) is 7.61. The molecule has 0 saturated heterocycles. The Bertz CT molecular complexity index is 603. The largest absolute Gasteiger partial charge is 0.304 e.